The van der Waals surface area contributed by atoms with E-state index in [2.05, 4.69) is 44.4 Å². The first-order valence-corrected chi connectivity index (χ1v) is 13.5. The van der Waals surface area contributed by atoms with Crippen LogP contribution in [0.1, 0.15) is 6.42 Å². The van der Waals surface area contributed by atoms with Crippen LogP contribution in [0.5, 0.6) is 0 Å². The Hall–Kier alpha value is 0.154. The molecule has 0 heterocycles. The fourth-order valence-corrected chi connectivity index (χ4v) is 2.47. The van der Waals surface area contributed by atoms with Crippen LogP contribution in [0.2, 0.25) is 26.1 Å². The van der Waals surface area contributed by atoms with E-state index in [1.54, 1.807) is 0 Å². The van der Waals surface area contributed by atoms with Gasteiger partial charge < -0.3 is 0 Å². The van der Waals surface area contributed by atoms with E-state index in [9.17, 15) is 0 Å². The van der Waals surface area contributed by atoms with Crippen molar-refractivity contribution < 1.29 is 17.7 Å². The quantitative estimate of drug-likeness (QED) is 0.642. The van der Waals surface area contributed by atoms with Crippen LogP contribution in [0, 0.1) is 0 Å². The third kappa shape index (κ3) is 5.46. The van der Waals surface area contributed by atoms with E-state index in [-0.39, 0.29) is 0 Å². The summed E-state index contributed by atoms with van der Waals surface area (Å²) in [7, 11) is 0. The summed E-state index contributed by atoms with van der Waals surface area (Å²) in [4.78, 5) is 0. The van der Waals surface area contributed by atoms with Crippen LogP contribution in [0.25, 0.3) is 0 Å². The average Bonchev–Trinajstić information content (AvgIpc) is 2.29. The molecule has 0 unspecified atom stereocenters. The average molecular weight is 218 g/mol. The molecule has 0 radical (unpaired) electrons. The summed E-state index contributed by atoms with van der Waals surface area (Å²) in [6.45, 7) is 0.814. The molecule has 0 amide bonds. The summed E-state index contributed by atoms with van der Waals surface area (Å²) < 4.78 is 6.17. The van der Waals surface area contributed by atoms with Crippen molar-refractivity contribution in [1.82, 2.24) is 0 Å². The number of hydrogen-bond donors (Lipinski definition) is 0. The van der Waals surface area contributed by atoms with Crippen LogP contribution < -0.4 is 0 Å². The predicted molar refractivity (Wildman–Crippen MR) is 57.1 cm³/mol. The van der Waals surface area contributed by atoms with Gasteiger partial charge in [0.25, 0.3) is 0 Å². The number of allylic oxidation sites excluding steroid dienone is 3. The molecule has 1 aliphatic carbocycles. The molecule has 13 heavy (non-hydrogen) atoms. The van der Waals surface area contributed by atoms with E-state index < -0.39 is 14.4 Å². The first-order valence-electron chi connectivity index (χ1n) is 5.06. The van der Waals surface area contributed by atoms with Crippen LogP contribution in [0.3, 0.4) is 0 Å². The molecular weight excluding hydrogens is 196 g/mol. The maximum atomic E-state index is 6.17. The van der Waals surface area contributed by atoms with Crippen molar-refractivity contribution in [3.8, 4) is 0 Å². The summed E-state index contributed by atoms with van der Waals surface area (Å²) >= 11 is -2.96. The number of hydrogen-bond acceptors (Lipinski definition) is 1. The Kier molecular flexibility index (Phi) is 2.24. The van der Waals surface area contributed by atoms with E-state index in [0.29, 0.717) is 0 Å². The van der Waals surface area contributed by atoms with Crippen molar-refractivity contribution in [2.45, 2.75) is 32.6 Å². The van der Waals surface area contributed by atoms with Gasteiger partial charge in [-0.1, -0.05) is 0 Å². The first kappa shape index (κ1) is 11.2. The Balaban J connectivity index is 2.53. The van der Waals surface area contributed by atoms with Crippen LogP contribution in [-0.4, -0.2) is 6.61 Å². The van der Waals surface area contributed by atoms with Crippen molar-refractivity contribution in [1.29, 1.82) is 0 Å². The van der Waals surface area contributed by atoms with Gasteiger partial charge in [-0.25, -0.2) is 0 Å². The Labute approximate surface area is 80.7 Å². The molecule has 0 N–H and O–H groups in total. The molecule has 1 nitrogen and oxygen atoms in total. The third-order valence-electron chi connectivity index (χ3n) is 1.83. The summed E-state index contributed by atoms with van der Waals surface area (Å²) in [5.41, 5.74) is 1.41. The van der Waals surface area contributed by atoms with Crippen LogP contribution in [-0.2, 0) is 17.7 Å². The molecule has 2 heteroatoms. The third-order valence-corrected chi connectivity index (χ3v) is 4.31. The van der Waals surface area contributed by atoms with E-state index in [4.69, 9.17) is 3.32 Å². The fraction of sp³-hybridized carbons (Fsp3) is 0.636. The first-order chi connectivity index (χ1) is 5.55. The Morgan fingerprint density at radius 3 is 2.23 bits per heavy atom. The second-order valence-electron chi connectivity index (χ2n) is 7.77. The van der Waals surface area contributed by atoms with Crippen molar-refractivity contribution in [2.24, 2.45) is 0 Å². The van der Waals surface area contributed by atoms with Gasteiger partial charge in [0.1, 0.15) is 0 Å². The SMILES string of the molecule is [CH3][Ti]([CH3])([CH3])([CH3])([CH3])[O]CC1=CC=CC1. The van der Waals surface area contributed by atoms with Gasteiger partial charge in [0.15, 0.2) is 0 Å². The van der Waals surface area contributed by atoms with Crippen molar-refractivity contribution >= 4 is 0 Å². The molecule has 0 saturated heterocycles. The molecule has 0 saturated carbocycles. The van der Waals surface area contributed by atoms with E-state index in [1.165, 1.54) is 5.57 Å². The summed E-state index contributed by atoms with van der Waals surface area (Å²) in [6.07, 6.45) is 7.53. The molecule has 1 aliphatic rings. The normalized spacial score (nSPS) is 22.4. The molecule has 0 spiro atoms. The summed E-state index contributed by atoms with van der Waals surface area (Å²) in [6, 6.07) is 0. The molecule has 1 rings (SSSR count). The summed E-state index contributed by atoms with van der Waals surface area (Å²) in [5.74, 6) is 0. The van der Waals surface area contributed by atoms with Gasteiger partial charge in [-0.15, -0.1) is 0 Å². The zero-order valence-corrected chi connectivity index (χ0v) is 11.1. The minimum absolute atomic E-state index is 0.814. The Morgan fingerprint density at radius 2 is 1.85 bits per heavy atom. The molecule has 0 aromatic rings. The van der Waals surface area contributed by atoms with E-state index in [0.717, 1.165) is 13.0 Å². The van der Waals surface area contributed by atoms with Gasteiger partial charge in [-0.3, -0.25) is 0 Å². The molecule has 0 aromatic heterocycles. The zero-order chi connectivity index (χ0) is 10.2. The van der Waals surface area contributed by atoms with Gasteiger partial charge in [-0.2, -0.15) is 0 Å². The van der Waals surface area contributed by atoms with Crippen molar-refractivity contribution in [3.05, 3.63) is 23.8 Å². The summed E-state index contributed by atoms with van der Waals surface area (Å²) in [5, 5.41) is 11.5. The Bertz CT molecular complexity index is 262. The van der Waals surface area contributed by atoms with Gasteiger partial charge in [0.05, 0.1) is 0 Å². The van der Waals surface area contributed by atoms with Crippen molar-refractivity contribution in [3.63, 3.8) is 0 Å². The van der Waals surface area contributed by atoms with Gasteiger partial charge >= 0.3 is 80.7 Å². The van der Waals surface area contributed by atoms with Gasteiger partial charge in [0, 0.05) is 0 Å². The molecule has 0 aromatic carbocycles. The van der Waals surface area contributed by atoms with Crippen molar-refractivity contribution in [2.75, 3.05) is 6.61 Å². The monoisotopic (exact) mass is 218 g/mol. The van der Waals surface area contributed by atoms with Gasteiger partial charge in [-0.05, 0) is 0 Å². The zero-order valence-electron chi connectivity index (χ0n) is 9.55. The van der Waals surface area contributed by atoms with Crippen LogP contribution >= 0.6 is 0 Å². The minimum atomic E-state index is -2.96. The second-order valence-corrected chi connectivity index (χ2v) is 27.0. The molecule has 0 aliphatic heterocycles. The molecule has 0 fully saturated rings. The van der Waals surface area contributed by atoms with Crippen LogP contribution in [0.15, 0.2) is 23.8 Å². The Morgan fingerprint density at radius 1 is 1.23 bits per heavy atom. The molecular formula is C11H22OTi. The topological polar surface area (TPSA) is 9.23 Å². The van der Waals surface area contributed by atoms with Gasteiger partial charge in [0.2, 0.25) is 0 Å². The molecule has 0 atom stereocenters. The second kappa shape index (κ2) is 2.59. The van der Waals surface area contributed by atoms with E-state index >= 15 is 0 Å². The molecule has 76 valence electrons. The standard InChI is InChI=1S/C6H7O.5CH3.Ti/c7-5-6-3-1-2-4-6;;;;;;/h1-3H,4-5H2;5*1H3;/q-1;;;;;;+1. The molecule has 0 bridgehead atoms. The maximum absolute atomic E-state index is 6.17. The fourth-order valence-electron chi connectivity index (χ4n) is 1.05. The van der Waals surface area contributed by atoms with E-state index in [1.807, 2.05) is 0 Å². The number of rotatable bonds is 3. The van der Waals surface area contributed by atoms with Crippen LogP contribution in [0.4, 0.5) is 0 Å². The predicted octanol–water partition coefficient (Wildman–Crippen LogP) is 4.27.